The molecule has 2 rings (SSSR count). The van der Waals surface area contributed by atoms with Crippen LogP contribution in [0, 0.1) is 6.92 Å². The maximum absolute atomic E-state index is 6.04. The van der Waals surface area contributed by atoms with Crippen molar-refractivity contribution in [1.82, 2.24) is 9.97 Å². The van der Waals surface area contributed by atoms with Crippen molar-refractivity contribution in [2.75, 3.05) is 20.0 Å². The molecule has 1 aromatic heterocycles. The zero-order valence-corrected chi connectivity index (χ0v) is 13.1. The van der Waals surface area contributed by atoms with Gasteiger partial charge in [0.2, 0.25) is 0 Å². The summed E-state index contributed by atoms with van der Waals surface area (Å²) in [4.78, 5) is 9.01. The maximum Gasteiger partial charge on any atom is 0.133 e. The van der Waals surface area contributed by atoms with Gasteiger partial charge in [0.25, 0.3) is 0 Å². The van der Waals surface area contributed by atoms with Gasteiger partial charge in [-0.2, -0.15) is 0 Å². The van der Waals surface area contributed by atoms with Crippen LogP contribution in [0.15, 0.2) is 18.2 Å². The summed E-state index contributed by atoms with van der Waals surface area (Å²) in [5.41, 5.74) is 8.51. The molecule has 0 aliphatic carbocycles. The fourth-order valence-corrected chi connectivity index (χ4v) is 2.07. The predicted octanol–water partition coefficient (Wildman–Crippen LogP) is 3.17. The molecule has 0 saturated carbocycles. The van der Waals surface area contributed by atoms with E-state index in [0.717, 1.165) is 34.1 Å². The molecule has 112 valence electrons. The van der Waals surface area contributed by atoms with Gasteiger partial charge in [-0.3, -0.25) is 0 Å². The highest BCUT2D eigenvalue weighted by atomic mass is 16.5. The van der Waals surface area contributed by atoms with E-state index in [1.54, 1.807) is 14.2 Å². The zero-order chi connectivity index (χ0) is 15.6. The highest BCUT2D eigenvalue weighted by Gasteiger charge is 2.16. The second-order valence-corrected chi connectivity index (χ2v) is 5.16. The monoisotopic (exact) mass is 287 g/mol. The van der Waals surface area contributed by atoms with Gasteiger partial charge in [-0.1, -0.05) is 13.8 Å². The molecule has 1 aromatic carbocycles. The van der Waals surface area contributed by atoms with Crippen LogP contribution < -0.4 is 15.2 Å². The van der Waals surface area contributed by atoms with Crippen LogP contribution in [-0.4, -0.2) is 24.2 Å². The smallest absolute Gasteiger partial charge is 0.133 e. The van der Waals surface area contributed by atoms with Gasteiger partial charge in [0.1, 0.15) is 23.1 Å². The van der Waals surface area contributed by atoms with Crippen molar-refractivity contribution >= 4 is 5.82 Å². The first kappa shape index (κ1) is 15.1. The molecule has 21 heavy (non-hydrogen) atoms. The summed E-state index contributed by atoms with van der Waals surface area (Å²) in [6, 6.07) is 5.62. The molecule has 2 N–H and O–H groups in total. The van der Waals surface area contributed by atoms with Crippen LogP contribution in [0.25, 0.3) is 11.3 Å². The van der Waals surface area contributed by atoms with E-state index >= 15 is 0 Å². The third-order valence-corrected chi connectivity index (χ3v) is 3.38. The van der Waals surface area contributed by atoms with E-state index < -0.39 is 0 Å². The van der Waals surface area contributed by atoms with Crippen LogP contribution in [0.2, 0.25) is 0 Å². The molecule has 5 heteroatoms. The van der Waals surface area contributed by atoms with Gasteiger partial charge in [-0.15, -0.1) is 0 Å². The van der Waals surface area contributed by atoms with E-state index in [0.29, 0.717) is 5.82 Å². The van der Waals surface area contributed by atoms with Gasteiger partial charge in [-0.25, -0.2) is 9.97 Å². The van der Waals surface area contributed by atoms with Crippen molar-refractivity contribution in [2.24, 2.45) is 0 Å². The molecule has 0 atom stereocenters. The number of nitrogens with zero attached hydrogens (tertiary/aromatic N) is 2. The van der Waals surface area contributed by atoms with Gasteiger partial charge >= 0.3 is 0 Å². The minimum Gasteiger partial charge on any atom is -0.497 e. The number of nitrogen functional groups attached to an aromatic ring is 1. The lowest BCUT2D eigenvalue weighted by Crippen LogP contribution is -2.06. The minimum atomic E-state index is 0.197. The van der Waals surface area contributed by atoms with Crippen molar-refractivity contribution < 1.29 is 9.47 Å². The molecular formula is C16H21N3O2. The van der Waals surface area contributed by atoms with E-state index in [9.17, 15) is 0 Å². The first-order valence-corrected chi connectivity index (χ1v) is 6.84. The molecule has 5 nitrogen and oxygen atoms in total. The minimum absolute atomic E-state index is 0.197. The third-order valence-electron chi connectivity index (χ3n) is 3.38. The largest absolute Gasteiger partial charge is 0.497 e. The molecule has 0 spiro atoms. The van der Waals surface area contributed by atoms with E-state index in [1.165, 1.54) is 0 Å². The summed E-state index contributed by atoms with van der Waals surface area (Å²) in [5, 5.41) is 0. The second kappa shape index (κ2) is 5.99. The van der Waals surface area contributed by atoms with Gasteiger partial charge < -0.3 is 15.2 Å². The van der Waals surface area contributed by atoms with E-state index in [2.05, 4.69) is 9.97 Å². The molecule has 0 saturated heterocycles. The Labute approximate surface area is 125 Å². The van der Waals surface area contributed by atoms with Crippen LogP contribution in [0.4, 0.5) is 5.82 Å². The quantitative estimate of drug-likeness (QED) is 0.935. The molecular weight excluding hydrogens is 266 g/mol. The first-order valence-electron chi connectivity index (χ1n) is 6.84. The van der Waals surface area contributed by atoms with Gasteiger partial charge in [0.05, 0.1) is 19.9 Å². The van der Waals surface area contributed by atoms with Crippen molar-refractivity contribution in [3.63, 3.8) is 0 Å². The molecule has 0 amide bonds. The number of anilines is 1. The molecule has 0 bridgehead atoms. The van der Waals surface area contributed by atoms with Crippen LogP contribution in [0.3, 0.4) is 0 Å². The number of hydrogen-bond acceptors (Lipinski definition) is 5. The first-order chi connectivity index (χ1) is 9.97. The predicted molar refractivity (Wildman–Crippen MR) is 83.8 cm³/mol. The van der Waals surface area contributed by atoms with Crippen molar-refractivity contribution in [1.29, 1.82) is 0 Å². The topological polar surface area (TPSA) is 70.3 Å². The van der Waals surface area contributed by atoms with Gasteiger partial charge in [0, 0.05) is 17.0 Å². The van der Waals surface area contributed by atoms with E-state index in [4.69, 9.17) is 15.2 Å². The summed E-state index contributed by atoms with van der Waals surface area (Å²) in [6.07, 6.45) is 0. The lowest BCUT2D eigenvalue weighted by molar-refractivity contribution is 0.404. The number of ether oxygens (including phenoxy) is 2. The number of nitrogens with two attached hydrogens (primary N) is 1. The molecule has 1 heterocycles. The highest BCUT2D eigenvalue weighted by Crippen LogP contribution is 2.35. The number of hydrogen-bond donors (Lipinski definition) is 1. The third kappa shape index (κ3) is 2.91. The summed E-state index contributed by atoms with van der Waals surface area (Å²) in [7, 11) is 3.26. The van der Waals surface area contributed by atoms with Crippen molar-refractivity contribution in [3.8, 4) is 22.8 Å². The summed E-state index contributed by atoms with van der Waals surface area (Å²) < 4.78 is 10.7. The Kier molecular flexibility index (Phi) is 4.31. The Hall–Kier alpha value is -2.30. The Bertz CT molecular complexity index is 654. The van der Waals surface area contributed by atoms with Crippen LogP contribution in [0.1, 0.15) is 31.2 Å². The molecule has 0 aliphatic heterocycles. The van der Waals surface area contributed by atoms with Crippen molar-refractivity contribution in [3.05, 3.63) is 29.6 Å². The Balaban J connectivity index is 2.70. The lowest BCUT2D eigenvalue weighted by atomic mass is 10.0. The molecule has 0 radical (unpaired) electrons. The average molecular weight is 287 g/mol. The van der Waals surface area contributed by atoms with E-state index in [-0.39, 0.29) is 5.92 Å². The fourth-order valence-electron chi connectivity index (χ4n) is 2.07. The SMILES string of the molecule is COc1ccc(OC)c(-c2nc(C(C)C)nc(N)c2C)c1. The Morgan fingerprint density at radius 1 is 1.10 bits per heavy atom. The number of aromatic nitrogens is 2. The average Bonchev–Trinajstić information content (AvgIpc) is 2.49. The van der Waals surface area contributed by atoms with Crippen LogP contribution >= 0.6 is 0 Å². The summed E-state index contributed by atoms with van der Waals surface area (Å²) >= 11 is 0. The molecule has 0 fully saturated rings. The fraction of sp³-hybridized carbons (Fsp3) is 0.375. The van der Waals surface area contributed by atoms with E-state index in [1.807, 2.05) is 39.0 Å². The van der Waals surface area contributed by atoms with Crippen molar-refractivity contribution in [2.45, 2.75) is 26.7 Å². The summed E-state index contributed by atoms with van der Waals surface area (Å²) in [5.74, 6) is 2.88. The highest BCUT2D eigenvalue weighted by molar-refractivity contribution is 5.74. The number of benzene rings is 1. The normalized spacial score (nSPS) is 10.8. The Morgan fingerprint density at radius 2 is 1.81 bits per heavy atom. The Morgan fingerprint density at radius 3 is 2.38 bits per heavy atom. The molecule has 0 unspecified atom stereocenters. The second-order valence-electron chi connectivity index (χ2n) is 5.16. The number of rotatable bonds is 4. The van der Waals surface area contributed by atoms with Crippen LogP contribution in [-0.2, 0) is 0 Å². The zero-order valence-electron chi connectivity index (χ0n) is 13.1. The molecule has 0 aliphatic rings. The molecule has 2 aromatic rings. The summed E-state index contributed by atoms with van der Waals surface area (Å²) in [6.45, 7) is 5.99. The maximum atomic E-state index is 6.04. The van der Waals surface area contributed by atoms with Gasteiger partial charge in [-0.05, 0) is 25.1 Å². The lowest BCUT2D eigenvalue weighted by Gasteiger charge is -2.15. The number of methoxy groups -OCH3 is 2. The van der Waals surface area contributed by atoms with Gasteiger partial charge in [0.15, 0.2) is 0 Å². The standard InChI is InChI=1S/C16H21N3O2/c1-9(2)16-18-14(10(3)15(17)19-16)12-8-11(20-4)6-7-13(12)21-5/h6-9H,1-5H3,(H2,17,18,19). The van der Waals surface area contributed by atoms with Crippen LogP contribution in [0.5, 0.6) is 11.5 Å².